The molecule has 0 saturated heterocycles. The van der Waals surface area contributed by atoms with Gasteiger partial charge in [0, 0.05) is 12.0 Å². The number of methoxy groups -OCH3 is 1. The van der Waals surface area contributed by atoms with Crippen molar-refractivity contribution in [3.63, 3.8) is 0 Å². The van der Waals surface area contributed by atoms with Crippen molar-refractivity contribution in [2.75, 3.05) is 7.11 Å². The second-order valence-electron chi connectivity index (χ2n) is 8.16. The first kappa shape index (κ1) is 19.5. The van der Waals surface area contributed by atoms with Crippen LogP contribution in [0.2, 0.25) is 0 Å². The molecule has 1 saturated carbocycles. The number of aromatic nitrogens is 2. The first-order valence-electron chi connectivity index (χ1n) is 10.7. The van der Waals surface area contributed by atoms with Crippen LogP contribution in [-0.2, 0) is 6.54 Å². The average Bonchev–Trinajstić information content (AvgIpc) is 2.81. The summed E-state index contributed by atoms with van der Waals surface area (Å²) in [6, 6.07) is 14.8. The fourth-order valence-electron chi connectivity index (χ4n) is 4.55. The van der Waals surface area contributed by atoms with Crippen LogP contribution in [0.1, 0.15) is 49.4 Å². The lowest BCUT2D eigenvalue weighted by molar-refractivity contribution is 0.411. The maximum atomic E-state index is 13.6. The van der Waals surface area contributed by atoms with Crippen LogP contribution >= 0.6 is 0 Å². The van der Waals surface area contributed by atoms with Gasteiger partial charge in [-0.2, -0.15) is 4.98 Å². The van der Waals surface area contributed by atoms with Gasteiger partial charge in [0.1, 0.15) is 17.2 Å². The first-order valence-corrected chi connectivity index (χ1v) is 10.7. The Balaban J connectivity index is 1.78. The summed E-state index contributed by atoms with van der Waals surface area (Å²) in [7, 11) is 1.56. The Kier molecular flexibility index (Phi) is 5.06. The molecule has 0 aliphatic heterocycles. The van der Waals surface area contributed by atoms with Crippen LogP contribution in [0, 0.1) is 0 Å². The van der Waals surface area contributed by atoms with Crippen molar-refractivity contribution >= 4 is 22.1 Å². The van der Waals surface area contributed by atoms with Gasteiger partial charge >= 0.3 is 0 Å². The van der Waals surface area contributed by atoms with Gasteiger partial charge in [-0.3, -0.25) is 14.2 Å². The van der Waals surface area contributed by atoms with Crippen molar-refractivity contribution < 1.29 is 9.15 Å². The zero-order valence-corrected chi connectivity index (χ0v) is 17.5. The summed E-state index contributed by atoms with van der Waals surface area (Å²) in [6.45, 7) is 0.383. The number of fused-ring (bicyclic) bond motifs is 2. The molecule has 1 aliphatic carbocycles. The van der Waals surface area contributed by atoms with Crippen molar-refractivity contribution in [2.24, 2.45) is 0 Å². The SMILES string of the molecule is COc1ccc2c(=O)c3c(=O)n(Cc4ccccc4)c(C4CCCCC4)nc3oc2c1. The molecule has 2 aromatic heterocycles. The van der Waals surface area contributed by atoms with Crippen molar-refractivity contribution in [3.05, 3.63) is 80.5 Å². The molecule has 5 rings (SSSR count). The van der Waals surface area contributed by atoms with Crippen LogP contribution in [0.4, 0.5) is 0 Å². The van der Waals surface area contributed by atoms with E-state index in [2.05, 4.69) is 0 Å². The molecule has 1 fully saturated rings. The number of rotatable bonds is 4. The van der Waals surface area contributed by atoms with E-state index in [0.717, 1.165) is 31.2 Å². The van der Waals surface area contributed by atoms with Gasteiger partial charge in [0.05, 0.1) is 19.0 Å². The van der Waals surface area contributed by atoms with E-state index in [0.29, 0.717) is 29.1 Å². The Hall–Kier alpha value is -3.41. The Bertz CT molecular complexity index is 1370. The van der Waals surface area contributed by atoms with E-state index >= 15 is 0 Å². The van der Waals surface area contributed by atoms with Crippen molar-refractivity contribution in [1.82, 2.24) is 9.55 Å². The zero-order chi connectivity index (χ0) is 21.4. The summed E-state index contributed by atoms with van der Waals surface area (Å²) in [4.78, 5) is 31.6. The van der Waals surface area contributed by atoms with E-state index in [9.17, 15) is 9.59 Å². The molecule has 0 amide bonds. The average molecular weight is 416 g/mol. The molecule has 0 bridgehead atoms. The first-order chi connectivity index (χ1) is 15.2. The molecule has 4 aromatic rings. The molecular formula is C25H24N2O4. The van der Waals surface area contributed by atoms with Crippen LogP contribution in [0.25, 0.3) is 22.1 Å². The van der Waals surface area contributed by atoms with Crippen LogP contribution < -0.4 is 15.7 Å². The highest BCUT2D eigenvalue weighted by Gasteiger charge is 2.25. The number of hydrogen-bond donors (Lipinski definition) is 0. The normalized spacial score (nSPS) is 14.9. The molecule has 1 aliphatic rings. The number of hydrogen-bond acceptors (Lipinski definition) is 5. The molecule has 2 aromatic carbocycles. The van der Waals surface area contributed by atoms with Gasteiger partial charge < -0.3 is 9.15 Å². The fourth-order valence-corrected chi connectivity index (χ4v) is 4.55. The fraction of sp³-hybridized carbons (Fsp3) is 0.320. The van der Waals surface area contributed by atoms with Crippen molar-refractivity contribution in [3.8, 4) is 5.75 Å². The second-order valence-corrected chi connectivity index (χ2v) is 8.16. The minimum Gasteiger partial charge on any atom is -0.497 e. The molecule has 0 radical (unpaired) electrons. The third-order valence-corrected chi connectivity index (χ3v) is 6.19. The van der Waals surface area contributed by atoms with Gasteiger partial charge in [-0.1, -0.05) is 49.6 Å². The molecule has 0 unspecified atom stereocenters. The van der Waals surface area contributed by atoms with Gasteiger partial charge in [0.15, 0.2) is 5.39 Å². The lowest BCUT2D eigenvalue weighted by Crippen LogP contribution is -2.31. The molecular weight excluding hydrogens is 392 g/mol. The Morgan fingerprint density at radius 3 is 2.58 bits per heavy atom. The number of ether oxygens (including phenoxy) is 1. The van der Waals surface area contributed by atoms with Gasteiger partial charge in [0.2, 0.25) is 11.1 Å². The van der Waals surface area contributed by atoms with E-state index in [4.69, 9.17) is 14.1 Å². The molecule has 31 heavy (non-hydrogen) atoms. The highest BCUT2D eigenvalue weighted by Crippen LogP contribution is 2.32. The maximum Gasteiger partial charge on any atom is 0.269 e. The molecule has 158 valence electrons. The monoisotopic (exact) mass is 416 g/mol. The van der Waals surface area contributed by atoms with Gasteiger partial charge in [-0.05, 0) is 30.5 Å². The predicted octanol–water partition coefficient (Wildman–Crippen LogP) is 4.61. The van der Waals surface area contributed by atoms with Crippen LogP contribution in [0.5, 0.6) is 5.75 Å². The van der Waals surface area contributed by atoms with Gasteiger partial charge in [0.25, 0.3) is 5.56 Å². The molecule has 0 spiro atoms. The van der Waals surface area contributed by atoms with E-state index < -0.39 is 0 Å². The Labute approximate surface area is 179 Å². The van der Waals surface area contributed by atoms with E-state index in [1.807, 2.05) is 30.3 Å². The van der Waals surface area contributed by atoms with Gasteiger partial charge in [-0.25, -0.2) is 0 Å². The third-order valence-electron chi connectivity index (χ3n) is 6.19. The number of nitrogens with zero attached hydrogens (tertiary/aromatic N) is 2. The summed E-state index contributed by atoms with van der Waals surface area (Å²) < 4.78 is 12.9. The second kappa shape index (κ2) is 8.02. The standard InChI is InChI=1S/C25H24N2O4/c1-30-18-12-13-19-20(14-18)31-24-21(22(19)28)25(29)27(15-16-8-4-2-5-9-16)23(26-24)17-10-6-3-7-11-17/h2,4-5,8-9,12-14,17H,3,6-7,10-11,15H2,1H3. The van der Waals surface area contributed by atoms with E-state index in [-0.39, 0.29) is 28.0 Å². The zero-order valence-electron chi connectivity index (χ0n) is 17.5. The molecule has 2 heterocycles. The minimum absolute atomic E-state index is 0.00755. The largest absolute Gasteiger partial charge is 0.497 e. The quantitative estimate of drug-likeness (QED) is 0.454. The molecule has 6 heteroatoms. The van der Waals surface area contributed by atoms with Crippen LogP contribution in [0.3, 0.4) is 0 Å². The predicted molar refractivity (Wildman–Crippen MR) is 120 cm³/mol. The Morgan fingerprint density at radius 2 is 1.84 bits per heavy atom. The summed E-state index contributed by atoms with van der Waals surface area (Å²) in [5, 5.41) is 0.358. The van der Waals surface area contributed by atoms with Gasteiger partial charge in [-0.15, -0.1) is 0 Å². The molecule has 0 atom stereocenters. The lowest BCUT2D eigenvalue weighted by atomic mass is 9.88. The molecule has 6 nitrogen and oxygen atoms in total. The molecule has 0 N–H and O–H groups in total. The summed E-state index contributed by atoms with van der Waals surface area (Å²) in [6.07, 6.45) is 5.40. The summed E-state index contributed by atoms with van der Waals surface area (Å²) in [5.74, 6) is 1.48. The van der Waals surface area contributed by atoms with E-state index in [1.165, 1.54) is 6.42 Å². The minimum atomic E-state index is -0.353. The number of benzene rings is 2. The lowest BCUT2D eigenvalue weighted by Gasteiger charge is -2.24. The van der Waals surface area contributed by atoms with Crippen molar-refractivity contribution in [2.45, 2.75) is 44.6 Å². The Morgan fingerprint density at radius 1 is 1.06 bits per heavy atom. The third kappa shape index (κ3) is 3.52. The maximum absolute atomic E-state index is 13.6. The smallest absolute Gasteiger partial charge is 0.269 e. The highest BCUT2D eigenvalue weighted by molar-refractivity contribution is 5.88. The summed E-state index contributed by atoms with van der Waals surface area (Å²) >= 11 is 0. The van der Waals surface area contributed by atoms with Crippen LogP contribution in [-0.4, -0.2) is 16.7 Å². The van der Waals surface area contributed by atoms with Crippen molar-refractivity contribution in [1.29, 1.82) is 0 Å². The van der Waals surface area contributed by atoms with Crippen LogP contribution in [0.15, 0.2) is 62.5 Å². The highest BCUT2D eigenvalue weighted by atomic mass is 16.5. The summed E-state index contributed by atoms with van der Waals surface area (Å²) in [5.41, 5.74) is 0.798. The van der Waals surface area contributed by atoms with E-state index in [1.54, 1.807) is 29.9 Å². The topological polar surface area (TPSA) is 74.3 Å².